The standard InChI is InChI=1S/C24H38O5/c1-13(4-7-21(28)29)16-5-6-17-22-18(12-20(27)24(16,17)3)23(2)9-8-15(25)10-14(23)11-19(22)26/h13-14,16-20,22,26-27H,4-12H2,1-3H3,(H,28,29)/p-1. The van der Waals surface area contributed by atoms with Gasteiger partial charge in [-0.25, -0.2) is 0 Å². The van der Waals surface area contributed by atoms with Crippen LogP contribution in [-0.4, -0.2) is 34.2 Å². The second-order valence-electron chi connectivity index (χ2n) is 11.2. The molecule has 0 bridgehead atoms. The summed E-state index contributed by atoms with van der Waals surface area (Å²) >= 11 is 0. The molecule has 0 aromatic carbocycles. The van der Waals surface area contributed by atoms with Crippen LogP contribution in [0.2, 0.25) is 0 Å². The molecule has 4 rings (SSSR count). The molecule has 0 heterocycles. The molecule has 10 atom stereocenters. The van der Waals surface area contributed by atoms with Crippen LogP contribution >= 0.6 is 0 Å². The Hall–Kier alpha value is -0.940. The predicted octanol–water partition coefficient (Wildman–Crippen LogP) is 2.32. The van der Waals surface area contributed by atoms with Crippen molar-refractivity contribution in [3.8, 4) is 0 Å². The lowest BCUT2D eigenvalue weighted by molar-refractivity contribution is -0.306. The average Bonchev–Trinajstić information content (AvgIpc) is 3.01. The Bertz CT molecular complexity index is 676. The lowest BCUT2D eigenvalue weighted by atomic mass is 9.43. The van der Waals surface area contributed by atoms with Crippen LogP contribution in [0.3, 0.4) is 0 Å². The van der Waals surface area contributed by atoms with Gasteiger partial charge in [0.1, 0.15) is 5.78 Å². The number of hydrogen-bond donors (Lipinski definition) is 2. The number of Topliss-reactive ketones (excluding diaryl/α,β-unsaturated/α-hetero) is 1. The van der Waals surface area contributed by atoms with Gasteiger partial charge in [-0.05, 0) is 91.3 Å². The highest BCUT2D eigenvalue weighted by molar-refractivity contribution is 5.79. The van der Waals surface area contributed by atoms with E-state index in [0.717, 1.165) is 19.3 Å². The van der Waals surface area contributed by atoms with Gasteiger partial charge < -0.3 is 20.1 Å². The summed E-state index contributed by atoms with van der Waals surface area (Å²) < 4.78 is 0. The molecule has 164 valence electrons. The van der Waals surface area contributed by atoms with E-state index in [1.165, 1.54) is 0 Å². The van der Waals surface area contributed by atoms with Crippen LogP contribution in [0, 0.1) is 46.3 Å². The van der Waals surface area contributed by atoms with E-state index in [1.54, 1.807) is 0 Å². The number of aliphatic hydroxyl groups is 2. The van der Waals surface area contributed by atoms with Crippen molar-refractivity contribution in [3.63, 3.8) is 0 Å². The largest absolute Gasteiger partial charge is 0.550 e. The van der Waals surface area contributed by atoms with Gasteiger partial charge in [-0.15, -0.1) is 0 Å². The van der Waals surface area contributed by atoms with Crippen molar-refractivity contribution in [1.82, 2.24) is 0 Å². The van der Waals surface area contributed by atoms with Gasteiger partial charge in [0.25, 0.3) is 0 Å². The van der Waals surface area contributed by atoms with Crippen LogP contribution in [-0.2, 0) is 9.59 Å². The van der Waals surface area contributed by atoms with Crippen molar-refractivity contribution >= 4 is 11.8 Å². The molecule has 5 nitrogen and oxygen atoms in total. The summed E-state index contributed by atoms with van der Waals surface area (Å²) in [6.07, 6.45) is 5.28. The van der Waals surface area contributed by atoms with E-state index < -0.39 is 18.2 Å². The first-order valence-corrected chi connectivity index (χ1v) is 11.7. The van der Waals surface area contributed by atoms with Gasteiger partial charge >= 0.3 is 0 Å². The van der Waals surface area contributed by atoms with Crippen molar-refractivity contribution in [1.29, 1.82) is 0 Å². The lowest BCUT2D eigenvalue weighted by Crippen LogP contribution is -2.62. The molecule has 4 saturated carbocycles. The number of carboxylic acid groups (broad SMARTS) is 1. The number of carbonyl (C=O) groups is 2. The molecular weight excluding hydrogens is 368 g/mol. The highest BCUT2D eigenvalue weighted by Gasteiger charge is 2.65. The quantitative estimate of drug-likeness (QED) is 0.748. The minimum Gasteiger partial charge on any atom is -0.550 e. The molecule has 0 aromatic heterocycles. The Kier molecular flexibility index (Phi) is 5.39. The maximum Gasteiger partial charge on any atom is 0.133 e. The molecule has 5 heteroatoms. The van der Waals surface area contributed by atoms with E-state index in [0.29, 0.717) is 37.9 Å². The monoisotopic (exact) mass is 405 g/mol. The van der Waals surface area contributed by atoms with Gasteiger partial charge in [0.15, 0.2) is 0 Å². The molecule has 4 fully saturated rings. The Morgan fingerprint density at radius 1 is 1.21 bits per heavy atom. The zero-order chi connectivity index (χ0) is 21.1. The Balaban J connectivity index is 1.61. The van der Waals surface area contributed by atoms with Crippen molar-refractivity contribution < 1.29 is 24.9 Å². The van der Waals surface area contributed by atoms with Gasteiger partial charge in [0.2, 0.25) is 0 Å². The van der Waals surface area contributed by atoms with Crippen LogP contribution in [0.1, 0.15) is 78.6 Å². The summed E-state index contributed by atoms with van der Waals surface area (Å²) in [4.78, 5) is 23.0. The number of aliphatic carboxylic acids is 1. The highest BCUT2D eigenvalue weighted by atomic mass is 16.4. The second-order valence-corrected chi connectivity index (χ2v) is 11.2. The van der Waals surface area contributed by atoms with Crippen LogP contribution in [0.25, 0.3) is 0 Å². The molecule has 0 amide bonds. The lowest BCUT2D eigenvalue weighted by Gasteiger charge is -2.63. The molecule has 10 unspecified atom stereocenters. The molecule has 4 aliphatic rings. The molecular formula is C24H37O5-. The molecule has 2 N–H and O–H groups in total. The predicted molar refractivity (Wildman–Crippen MR) is 106 cm³/mol. The number of aliphatic hydroxyl groups excluding tert-OH is 2. The van der Waals surface area contributed by atoms with E-state index >= 15 is 0 Å². The van der Waals surface area contributed by atoms with Crippen LogP contribution in [0.4, 0.5) is 0 Å². The van der Waals surface area contributed by atoms with Crippen molar-refractivity contribution in [3.05, 3.63) is 0 Å². The summed E-state index contributed by atoms with van der Waals surface area (Å²) in [6, 6.07) is 0. The third kappa shape index (κ3) is 3.18. The van der Waals surface area contributed by atoms with E-state index in [4.69, 9.17) is 0 Å². The minimum atomic E-state index is -1.01. The summed E-state index contributed by atoms with van der Waals surface area (Å²) in [5.41, 5.74) is -0.250. The van der Waals surface area contributed by atoms with E-state index in [1.807, 2.05) is 0 Å². The topological polar surface area (TPSA) is 97.7 Å². The number of carboxylic acids is 1. The normalized spacial score (nSPS) is 50.4. The molecule has 0 radical (unpaired) electrons. The first-order chi connectivity index (χ1) is 13.6. The van der Waals surface area contributed by atoms with Crippen molar-refractivity contribution in [2.24, 2.45) is 46.3 Å². The summed E-state index contributed by atoms with van der Waals surface area (Å²) in [7, 11) is 0. The molecule has 0 aliphatic heterocycles. The SMILES string of the molecule is CC(CCC(=O)[O-])C1CCC2C3C(O)CC4CC(=O)CCC4(C)C3CC(O)C12C. The van der Waals surface area contributed by atoms with Gasteiger partial charge in [0.05, 0.1) is 12.2 Å². The van der Waals surface area contributed by atoms with Crippen LogP contribution in [0.15, 0.2) is 0 Å². The Morgan fingerprint density at radius 2 is 1.93 bits per heavy atom. The summed E-state index contributed by atoms with van der Waals surface area (Å²) in [6.45, 7) is 6.61. The maximum atomic E-state index is 12.1. The van der Waals surface area contributed by atoms with Gasteiger partial charge in [-0.2, -0.15) is 0 Å². The number of rotatable bonds is 4. The zero-order valence-electron chi connectivity index (χ0n) is 18.1. The Labute approximate surface area is 174 Å². The maximum absolute atomic E-state index is 12.1. The first kappa shape index (κ1) is 21.3. The fraction of sp³-hybridized carbons (Fsp3) is 0.917. The third-order valence-electron chi connectivity index (χ3n) is 10.2. The molecule has 0 spiro atoms. The smallest absolute Gasteiger partial charge is 0.133 e. The van der Waals surface area contributed by atoms with Crippen molar-refractivity contribution in [2.45, 2.75) is 90.8 Å². The Morgan fingerprint density at radius 3 is 2.62 bits per heavy atom. The molecule has 29 heavy (non-hydrogen) atoms. The second kappa shape index (κ2) is 7.33. The third-order valence-corrected chi connectivity index (χ3v) is 10.2. The van der Waals surface area contributed by atoms with Crippen LogP contribution in [0.5, 0.6) is 0 Å². The van der Waals surface area contributed by atoms with E-state index in [2.05, 4.69) is 20.8 Å². The number of fused-ring (bicyclic) bond motifs is 5. The summed E-state index contributed by atoms with van der Waals surface area (Å²) in [5, 5.41) is 33.6. The average molecular weight is 406 g/mol. The highest BCUT2D eigenvalue weighted by Crippen LogP contribution is 2.68. The van der Waals surface area contributed by atoms with E-state index in [-0.39, 0.29) is 52.8 Å². The molecule has 4 aliphatic carbocycles. The molecule has 0 aromatic rings. The van der Waals surface area contributed by atoms with Gasteiger partial charge in [0, 0.05) is 18.8 Å². The van der Waals surface area contributed by atoms with Crippen LogP contribution < -0.4 is 5.11 Å². The van der Waals surface area contributed by atoms with Crippen molar-refractivity contribution in [2.75, 3.05) is 0 Å². The van der Waals surface area contributed by atoms with Gasteiger partial charge in [-0.3, -0.25) is 4.79 Å². The zero-order valence-corrected chi connectivity index (χ0v) is 18.1. The van der Waals surface area contributed by atoms with E-state index in [9.17, 15) is 24.9 Å². The fourth-order valence-corrected chi connectivity index (χ4v) is 8.49. The number of hydrogen-bond acceptors (Lipinski definition) is 5. The summed E-state index contributed by atoms with van der Waals surface area (Å²) in [5.74, 6) is 0.731. The van der Waals surface area contributed by atoms with Gasteiger partial charge in [-0.1, -0.05) is 20.8 Å². The first-order valence-electron chi connectivity index (χ1n) is 11.7. The number of ketones is 1. The number of carbonyl (C=O) groups excluding carboxylic acids is 2. The fourth-order valence-electron chi connectivity index (χ4n) is 8.49. The minimum absolute atomic E-state index is 0.0266. The molecule has 0 saturated heterocycles.